The van der Waals surface area contributed by atoms with Crippen LogP contribution in [0.5, 0.6) is 0 Å². The fourth-order valence-electron chi connectivity index (χ4n) is 2.65. The smallest absolute Gasteiger partial charge is 0.332 e. The van der Waals surface area contributed by atoms with Crippen LogP contribution in [0.1, 0.15) is 15.9 Å². The monoisotopic (exact) mass is 442 g/mol. The second-order valence-electron chi connectivity index (χ2n) is 5.74. The first-order chi connectivity index (χ1) is 13.2. The number of amides is 1. The number of thiocarbonyl (C=S) groups is 1. The van der Waals surface area contributed by atoms with Crippen LogP contribution >= 0.6 is 35.4 Å². The van der Waals surface area contributed by atoms with Gasteiger partial charge in [0.2, 0.25) is 0 Å². The summed E-state index contributed by atoms with van der Waals surface area (Å²) in [6, 6.07) is 13.3. The van der Waals surface area contributed by atoms with E-state index in [2.05, 4.69) is 10.6 Å². The number of hydrogen-bond acceptors (Lipinski definition) is 2. The number of carbonyl (C=O) groups is 1. The first-order valence-corrected chi connectivity index (χ1v) is 8.99. The third kappa shape index (κ3) is 4.38. The van der Waals surface area contributed by atoms with Gasteiger partial charge in [-0.2, -0.15) is 13.2 Å². The van der Waals surface area contributed by atoms with Crippen LogP contribution in [0.25, 0.3) is 10.8 Å². The molecule has 0 bridgehead atoms. The maximum atomic E-state index is 13.2. The predicted octanol–water partition coefficient (Wildman–Crippen LogP) is 6.29. The minimum Gasteiger partial charge on any atom is -0.332 e. The Hall–Kier alpha value is -2.35. The van der Waals surface area contributed by atoms with Crippen LogP contribution in [-0.2, 0) is 6.18 Å². The molecule has 3 aromatic carbocycles. The summed E-state index contributed by atoms with van der Waals surface area (Å²) in [6.07, 6.45) is -4.64. The third-order valence-corrected chi connectivity index (χ3v) is 4.64. The fourth-order valence-corrected chi connectivity index (χ4v) is 3.27. The Labute approximate surface area is 173 Å². The summed E-state index contributed by atoms with van der Waals surface area (Å²) in [5.41, 5.74) is -1.02. The van der Waals surface area contributed by atoms with E-state index in [9.17, 15) is 18.0 Å². The molecule has 0 saturated carbocycles. The van der Waals surface area contributed by atoms with Crippen molar-refractivity contribution in [3.8, 4) is 0 Å². The van der Waals surface area contributed by atoms with E-state index in [1.807, 2.05) is 0 Å². The quantitative estimate of drug-likeness (QED) is 0.458. The summed E-state index contributed by atoms with van der Waals surface area (Å²) >= 11 is 16.8. The zero-order valence-corrected chi connectivity index (χ0v) is 16.2. The zero-order valence-electron chi connectivity index (χ0n) is 13.9. The molecule has 2 N–H and O–H groups in total. The summed E-state index contributed by atoms with van der Waals surface area (Å²) in [5, 5.41) is 6.18. The van der Waals surface area contributed by atoms with Crippen molar-refractivity contribution >= 4 is 62.9 Å². The topological polar surface area (TPSA) is 41.1 Å². The first-order valence-electron chi connectivity index (χ1n) is 7.83. The van der Waals surface area contributed by atoms with E-state index >= 15 is 0 Å². The second-order valence-corrected chi connectivity index (χ2v) is 6.99. The largest absolute Gasteiger partial charge is 0.418 e. The Kier molecular flexibility index (Phi) is 5.79. The van der Waals surface area contributed by atoms with E-state index in [0.717, 1.165) is 12.1 Å². The Bertz CT molecular complexity index is 1090. The van der Waals surface area contributed by atoms with Gasteiger partial charge in [0.05, 0.1) is 11.3 Å². The molecule has 0 radical (unpaired) electrons. The molecule has 0 aliphatic rings. The number of alkyl halides is 3. The highest BCUT2D eigenvalue weighted by atomic mass is 35.5. The van der Waals surface area contributed by atoms with Crippen molar-refractivity contribution in [1.82, 2.24) is 5.32 Å². The Morgan fingerprint density at radius 3 is 2.36 bits per heavy atom. The van der Waals surface area contributed by atoms with Gasteiger partial charge in [-0.3, -0.25) is 10.1 Å². The van der Waals surface area contributed by atoms with Gasteiger partial charge in [-0.1, -0.05) is 47.5 Å². The lowest BCUT2D eigenvalue weighted by atomic mass is 10.0. The van der Waals surface area contributed by atoms with Crippen molar-refractivity contribution in [2.45, 2.75) is 6.18 Å². The molecular weight excluding hydrogens is 432 g/mol. The van der Waals surface area contributed by atoms with Gasteiger partial charge in [0.1, 0.15) is 0 Å². The molecule has 144 valence electrons. The highest BCUT2D eigenvalue weighted by Crippen LogP contribution is 2.36. The average molecular weight is 443 g/mol. The maximum Gasteiger partial charge on any atom is 0.418 e. The van der Waals surface area contributed by atoms with Crippen molar-refractivity contribution in [2.75, 3.05) is 5.32 Å². The number of benzene rings is 3. The number of halogens is 5. The Morgan fingerprint density at radius 2 is 1.64 bits per heavy atom. The number of carbonyl (C=O) groups excluding carboxylic acids is 1. The molecule has 3 rings (SSSR count). The summed E-state index contributed by atoms with van der Waals surface area (Å²) in [6.45, 7) is 0. The van der Waals surface area contributed by atoms with Gasteiger partial charge >= 0.3 is 6.18 Å². The van der Waals surface area contributed by atoms with Gasteiger partial charge in [0, 0.05) is 21.0 Å². The van der Waals surface area contributed by atoms with Gasteiger partial charge in [-0.25, -0.2) is 0 Å². The standard InChI is InChI=1S/C19H11Cl2F3N2OS/c20-10-7-8-16(14(9-10)19(22,23)24)25-18(28)26-17(27)13-5-1-4-12-11(13)3-2-6-15(12)21/h1-9H,(H2,25,26,27,28). The fraction of sp³-hybridized carbons (Fsp3) is 0.0526. The number of anilines is 1. The van der Waals surface area contributed by atoms with Crippen LogP contribution < -0.4 is 10.6 Å². The molecule has 3 aromatic rings. The van der Waals surface area contributed by atoms with E-state index in [4.69, 9.17) is 35.4 Å². The molecular formula is C19H11Cl2F3N2OS. The van der Waals surface area contributed by atoms with Crippen LogP contribution in [0.2, 0.25) is 10.0 Å². The van der Waals surface area contributed by atoms with Gasteiger partial charge in [0.25, 0.3) is 5.91 Å². The highest BCUT2D eigenvalue weighted by molar-refractivity contribution is 7.80. The molecule has 3 nitrogen and oxygen atoms in total. The van der Waals surface area contributed by atoms with Crippen molar-refractivity contribution in [3.05, 3.63) is 75.8 Å². The van der Waals surface area contributed by atoms with Crippen molar-refractivity contribution in [3.63, 3.8) is 0 Å². The molecule has 0 heterocycles. The van der Waals surface area contributed by atoms with Crippen molar-refractivity contribution in [2.24, 2.45) is 0 Å². The highest BCUT2D eigenvalue weighted by Gasteiger charge is 2.34. The van der Waals surface area contributed by atoms with E-state index < -0.39 is 17.6 Å². The molecule has 28 heavy (non-hydrogen) atoms. The Morgan fingerprint density at radius 1 is 0.964 bits per heavy atom. The second kappa shape index (κ2) is 7.95. The molecule has 1 amide bonds. The predicted molar refractivity (Wildman–Crippen MR) is 109 cm³/mol. The van der Waals surface area contributed by atoms with E-state index in [0.29, 0.717) is 15.8 Å². The molecule has 0 aromatic heterocycles. The summed E-state index contributed by atoms with van der Waals surface area (Å²) in [4.78, 5) is 12.6. The average Bonchev–Trinajstić information content (AvgIpc) is 2.62. The van der Waals surface area contributed by atoms with Crippen LogP contribution in [0.15, 0.2) is 54.6 Å². The first kappa shape index (κ1) is 20.4. The van der Waals surface area contributed by atoms with Gasteiger partial charge in [0.15, 0.2) is 5.11 Å². The van der Waals surface area contributed by atoms with Gasteiger partial charge in [-0.05, 0) is 47.9 Å². The number of fused-ring (bicyclic) bond motifs is 1. The molecule has 0 aliphatic carbocycles. The van der Waals surface area contributed by atoms with Crippen molar-refractivity contribution in [1.29, 1.82) is 0 Å². The summed E-state index contributed by atoms with van der Waals surface area (Å²) in [7, 11) is 0. The zero-order chi connectivity index (χ0) is 20.5. The van der Waals surface area contributed by atoms with Crippen LogP contribution in [0.3, 0.4) is 0 Å². The normalized spacial score (nSPS) is 11.3. The lowest BCUT2D eigenvalue weighted by Crippen LogP contribution is -2.34. The molecule has 0 unspecified atom stereocenters. The van der Waals surface area contributed by atoms with Crippen molar-refractivity contribution < 1.29 is 18.0 Å². The minimum atomic E-state index is -4.64. The molecule has 0 aliphatic heterocycles. The molecule has 0 fully saturated rings. The minimum absolute atomic E-state index is 0.0690. The van der Waals surface area contributed by atoms with E-state index in [1.165, 1.54) is 6.07 Å². The van der Waals surface area contributed by atoms with Crippen LogP contribution in [0.4, 0.5) is 18.9 Å². The SMILES string of the molecule is O=C(NC(=S)Nc1ccc(Cl)cc1C(F)(F)F)c1cccc2c(Cl)cccc12. The number of hydrogen-bond donors (Lipinski definition) is 2. The third-order valence-electron chi connectivity index (χ3n) is 3.88. The lowest BCUT2D eigenvalue weighted by molar-refractivity contribution is -0.136. The molecule has 0 atom stereocenters. The van der Waals surface area contributed by atoms with E-state index in [1.54, 1.807) is 36.4 Å². The lowest BCUT2D eigenvalue weighted by Gasteiger charge is -2.16. The van der Waals surface area contributed by atoms with Gasteiger partial charge in [-0.15, -0.1) is 0 Å². The molecule has 0 spiro atoms. The number of rotatable bonds is 2. The van der Waals surface area contributed by atoms with E-state index in [-0.39, 0.29) is 21.4 Å². The summed E-state index contributed by atoms with van der Waals surface area (Å²) in [5.74, 6) is -0.576. The molecule has 0 saturated heterocycles. The molecule has 9 heteroatoms. The van der Waals surface area contributed by atoms with Crippen LogP contribution in [-0.4, -0.2) is 11.0 Å². The van der Waals surface area contributed by atoms with Crippen LogP contribution in [0, 0.1) is 0 Å². The Balaban J connectivity index is 1.84. The summed E-state index contributed by atoms with van der Waals surface area (Å²) < 4.78 is 39.5. The van der Waals surface area contributed by atoms with Gasteiger partial charge < -0.3 is 5.32 Å². The maximum absolute atomic E-state index is 13.2. The number of nitrogens with one attached hydrogen (secondary N) is 2.